The lowest BCUT2D eigenvalue weighted by Crippen LogP contribution is -2.56. The van der Waals surface area contributed by atoms with Gasteiger partial charge in [-0.1, -0.05) is 12.1 Å². The molecule has 0 aliphatic carbocycles. The number of carbonyl (C=O) groups excluding carboxylic acids is 1. The number of nitrogens with one attached hydrogen (secondary N) is 1. The van der Waals surface area contributed by atoms with Crippen molar-refractivity contribution in [1.29, 1.82) is 0 Å². The molecule has 9 heteroatoms. The van der Waals surface area contributed by atoms with Crippen molar-refractivity contribution in [1.82, 2.24) is 9.88 Å². The zero-order chi connectivity index (χ0) is 23.8. The van der Waals surface area contributed by atoms with E-state index in [9.17, 15) is 23.5 Å². The molecule has 1 aromatic heterocycles. The van der Waals surface area contributed by atoms with Crippen molar-refractivity contribution in [3.8, 4) is 0 Å². The number of fused-ring (bicyclic) bond motifs is 1. The number of carbonyl (C=O) groups is 1. The number of likely N-dealkylation sites (N-methyl/N-ethyl adjacent to an activating group) is 1. The number of ether oxygens (including phenoxy) is 2. The number of aryl methyl sites for hydroxylation is 1. The molecule has 2 N–H and O–H groups in total. The van der Waals surface area contributed by atoms with Crippen LogP contribution < -0.4 is 5.56 Å². The molecule has 2 aromatic rings. The minimum absolute atomic E-state index is 0.0607. The highest BCUT2D eigenvalue weighted by Gasteiger charge is 2.49. The van der Waals surface area contributed by atoms with Crippen LogP contribution in [0.5, 0.6) is 0 Å². The molecule has 1 amide bonds. The van der Waals surface area contributed by atoms with Gasteiger partial charge in [0.05, 0.1) is 12.2 Å². The molecule has 0 bridgehead atoms. The van der Waals surface area contributed by atoms with Crippen molar-refractivity contribution in [2.45, 2.75) is 44.4 Å². The topological polar surface area (TPSA) is 91.9 Å². The van der Waals surface area contributed by atoms with Crippen LogP contribution in [0.1, 0.15) is 51.5 Å². The summed E-state index contributed by atoms with van der Waals surface area (Å²) < 4.78 is 37.5. The van der Waals surface area contributed by atoms with Crippen LogP contribution in [0.15, 0.2) is 35.1 Å². The Morgan fingerprint density at radius 2 is 1.97 bits per heavy atom. The summed E-state index contributed by atoms with van der Waals surface area (Å²) >= 11 is 0. The molecule has 33 heavy (non-hydrogen) atoms. The Hall–Kier alpha value is -2.62. The van der Waals surface area contributed by atoms with Gasteiger partial charge in [-0.3, -0.25) is 14.3 Å². The van der Waals surface area contributed by atoms with Gasteiger partial charge in [0, 0.05) is 43.9 Å². The Kier molecular flexibility index (Phi) is 6.65. The van der Waals surface area contributed by atoms with Crippen LogP contribution in [0.3, 0.4) is 0 Å². The first-order valence-corrected chi connectivity index (χ1v) is 11.0. The first-order chi connectivity index (χ1) is 15.8. The Balaban J connectivity index is 1.77. The van der Waals surface area contributed by atoms with E-state index in [2.05, 4.69) is 4.98 Å². The van der Waals surface area contributed by atoms with Crippen molar-refractivity contribution in [3.63, 3.8) is 0 Å². The van der Waals surface area contributed by atoms with Crippen LogP contribution in [0.25, 0.3) is 0 Å². The minimum Gasteiger partial charge on any atom is -0.396 e. The minimum atomic E-state index is -3.20. The van der Waals surface area contributed by atoms with Gasteiger partial charge in [0.1, 0.15) is 0 Å². The van der Waals surface area contributed by atoms with Gasteiger partial charge in [0.25, 0.3) is 11.5 Å². The summed E-state index contributed by atoms with van der Waals surface area (Å²) in [6.45, 7) is -0.327. The summed E-state index contributed by atoms with van der Waals surface area (Å²) in [6, 6.07) is 8.27. The van der Waals surface area contributed by atoms with Gasteiger partial charge in [-0.2, -0.15) is 8.78 Å². The molecule has 2 aliphatic rings. The maximum atomic E-state index is 13.5. The van der Waals surface area contributed by atoms with Gasteiger partial charge >= 0.3 is 6.61 Å². The molecule has 2 aliphatic heterocycles. The van der Waals surface area contributed by atoms with Gasteiger partial charge < -0.3 is 19.7 Å². The summed E-state index contributed by atoms with van der Waals surface area (Å²) in [7, 11) is 1.36. The standard InChI is InChI=1S/C24H28F2N2O5/c1-14-3-6-20(21(30)27-14)24(33-23(25)26)12-17-5-4-16(11-18(17)22(31)28(24)2)19(13-29)15-7-9-32-10-8-15/h3-6,11,15,19,23,29H,7-10,12-13H2,1-2H3,(H,27,30). The average molecular weight is 462 g/mol. The molecule has 0 spiro atoms. The van der Waals surface area contributed by atoms with Gasteiger partial charge in [0.15, 0.2) is 5.72 Å². The zero-order valence-corrected chi connectivity index (χ0v) is 18.6. The molecule has 1 fully saturated rings. The molecule has 7 nitrogen and oxygen atoms in total. The van der Waals surface area contributed by atoms with Crippen molar-refractivity contribution >= 4 is 5.91 Å². The number of rotatable bonds is 6. The third kappa shape index (κ3) is 4.32. The first-order valence-electron chi connectivity index (χ1n) is 11.0. The Morgan fingerprint density at radius 1 is 1.24 bits per heavy atom. The summed E-state index contributed by atoms with van der Waals surface area (Å²) in [5.74, 6) is -0.450. The molecule has 1 aromatic carbocycles. The van der Waals surface area contributed by atoms with Gasteiger partial charge in [0.2, 0.25) is 0 Å². The number of nitrogens with zero attached hydrogens (tertiary/aromatic N) is 1. The summed E-state index contributed by atoms with van der Waals surface area (Å²) in [5.41, 5.74) is -0.347. The largest absolute Gasteiger partial charge is 0.396 e. The second-order valence-electron chi connectivity index (χ2n) is 8.74. The number of benzene rings is 1. The van der Waals surface area contributed by atoms with E-state index in [0.717, 1.165) is 23.3 Å². The lowest BCUT2D eigenvalue weighted by atomic mass is 9.79. The molecule has 0 saturated carbocycles. The van der Waals surface area contributed by atoms with Crippen LogP contribution in [0.2, 0.25) is 0 Å². The lowest BCUT2D eigenvalue weighted by Gasteiger charge is -2.44. The molecule has 3 heterocycles. The molecule has 178 valence electrons. The third-order valence-electron chi connectivity index (χ3n) is 6.86. The van der Waals surface area contributed by atoms with E-state index < -0.39 is 23.8 Å². The number of aliphatic hydroxyl groups excluding tert-OH is 1. The average Bonchev–Trinajstić information content (AvgIpc) is 2.78. The molecular weight excluding hydrogens is 434 g/mol. The number of aliphatic hydroxyl groups is 1. The number of aromatic amines is 1. The van der Waals surface area contributed by atoms with E-state index in [-0.39, 0.29) is 30.4 Å². The fourth-order valence-corrected chi connectivity index (χ4v) is 5.03. The number of H-pyrrole nitrogens is 1. The van der Waals surface area contributed by atoms with Crippen LogP contribution in [0, 0.1) is 12.8 Å². The number of hydrogen-bond donors (Lipinski definition) is 2. The maximum Gasteiger partial charge on any atom is 0.347 e. The van der Waals surface area contributed by atoms with Crippen LogP contribution >= 0.6 is 0 Å². The van der Waals surface area contributed by atoms with Crippen LogP contribution in [0.4, 0.5) is 8.78 Å². The van der Waals surface area contributed by atoms with E-state index >= 15 is 0 Å². The predicted octanol–water partition coefficient (Wildman–Crippen LogP) is 2.91. The highest BCUT2D eigenvalue weighted by atomic mass is 19.3. The highest BCUT2D eigenvalue weighted by molar-refractivity contribution is 5.97. The summed E-state index contributed by atoms with van der Waals surface area (Å²) in [4.78, 5) is 29.8. The molecule has 2 unspecified atom stereocenters. The van der Waals surface area contributed by atoms with Crippen molar-refractivity contribution < 1.29 is 28.2 Å². The Labute approximate surface area is 190 Å². The molecule has 0 radical (unpaired) electrons. The second kappa shape index (κ2) is 9.32. The van der Waals surface area contributed by atoms with E-state index in [1.807, 2.05) is 6.07 Å². The number of pyridine rings is 1. The number of aromatic nitrogens is 1. The highest BCUT2D eigenvalue weighted by Crippen LogP contribution is 2.41. The zero-order valence-electron chi connectivity index (χ0n) is 18.6. The number of hydrogen-bond acceptors (Lipinski definition) is 5. The fraction of sp³-hybridized carbons (Fsp3) is 0.500. The van der Waals surface area contributed by atoms with Gasteiger partial charge in [-0.25, -0.2) is 0 Å². The summed E-state index contributed by atoms with van der Waals surface area (Å²) in [5, 5.41) is 10.1. The number of amides is 1. The molecule has 4 rings (SSSR count). The predicted molar refractivity (Wildman–Crippen MR) is 116 cm³/mol. The third-order valence-corrected chi connectivity index (χ3v) is 6.86. The second-order valence-corrected chi connectivity index (χ2v) is 8.74. The normalized spacial score (nSPS) is 22.5. The van der Waals surface area contributed by atoms with Crippen molar-refractivity contribution in [2.75, 3.05) is 26.9 Å². The quantitative estimate of drug-likeness (QED) is 0.689. The van der Waals surface area contributed by atoms with Crippen molar-refractivity contribution in [3.05, 3.63) is 68.6 Å². The van der Waals surface area contributed by atoms with Crippen LogP contribution in [-0.2, 0) is 21.6 Å². The number of alkyl halides is 2. The molecule has 2 atom stereocenters. The van der Waals surface area contributed by atoms with Gasteiger partial charge in [-0.15, -0.1) is 0 Å². The van der Waals surface area contributed by atoms with Crippen molar-refractivity contribution in [2.24, 2.45) is 5.92 Å². The maximum absolute atomic E-state index is 13.5. The van der Waals surface area contributed by atoms with Crippen LogP contribution in [-0.4, -0.2) is 54.4 Å². The van der Waals surface area contributed by atoms with E-state index in [1.165, 1.54) is 13.1 Å². The SMILES string of the molecule is Cc1ccc(C2(OC(F)F)Cc3ccc(C(CO)C4CCOCC4)cc3C(=O)N2C)c(=O)[nH]1. The number of halogens is 2. The Bertz CT molecular complexity index is 1080. The Morgan fingerprint density at radius 3 is 2.61 bits per heavy atom. The molecular formula is C24H28F2N2O5. The van der Waals surface area contributed by atoms with E-state index in [1.54, 1.807) is 25.1 Å². The first kappa shape index (κ1) is 23.5. The van der Waals surface area contributed by atoms with E-state index in [0.29, 0.717) is 30.0 Å². The molecule has 1 saturated heterocycles. The smallest absolute Gasteiger partial charge is 0.347 e. The lowest BCUT2D eigenvalue weighted by molar-refractivity contribution is -0.256. The summed E-state index contributed by atoms with van der Waals surface area (Å²) in [6.07, 6.45) is 1.53. The van der Waals surface area contributed by atoms with Gasteiger partial charge in [-0.05, 0) is 55.0 Å². The monoisotopic (exact) mass is 462 g/mol. The fourth-order valence-electron chi connectivity index (χ4n) is 5.03. The van der Waals surface area contributed by atoms with E-state index in [4.69, 9.17) is 9.47 Å².